The summed E-state index contributed by atoms with van der Waals surface area (Å²) >= 11 is 6.20. The molecule has 0 amide bonds. The van der Waals surface area contributed by atoms with Gasteiger partial charge < -0.3 is 17.2 Å². The molecule has 0 spiro atoms. The molecule has 4 nitrogen and oxygen atoms in total. The Kier molecular flexibility index (Phi) is 28.0. The number of hydrogen-bond donors (Lipinski definition) is 3. The molecule has 6 N–H and O–H groups in total. The van der Waals surface area contributed by atoms with Gasteiger partial charge in [0.1, 0.15) is 0 Å². The normalized spacial score (nSPS) is 14.3. The SMILES string of the molecule is CC(C)N(CCl)P(c1ccccc1)c1ccccc1.CCC(CC(CC(CC(CC)c1ccccc1)c1ccc(CN)cc1)c1ccccc1)c1ccc(C(CC)CC(CC(CC(CC)c2ccc(CN)cc2)c2ccc(CN)cc2)c2ccccc2)cc1. The summed E-state index contributed by atoms with van der Waals surface area (Å²) in [7, 11) is -0.552. The molecule has 0 bridgehead atoms. The van der Waals surface area contributed by atoms with Gasteiger partial charge in [-0.15, -0.1) is 11.6 Å². The minimum absolute atomic E-state index is 0.398. The summed E-state index contributed by atoms with van der Waals surface area (Å²) in [6.07, 6.45) is 11.1. The molecule has 9 aromatic carbocycles. The van der Waals surface area contributed by atoms with Crippen molar-refractivity contribution in [1.82, 2.24) is 4.67 Å². The lowest BCUT2D eigenvalue weighted by atomic mass is 9.73. The summed E-state index contributed by atoms with van der Waals surface area (Å²) in [4.78, 5) is 0. The molecule has 89 heavy (non-hydrogen) atoms. The van der Waals surface area contributed by atoms with E-state index >= 15 is 0 Å². The maximum absolute atomic E-state index is 6.20. The zero-order valence-electron chi connectivity index (χ0n) is 54.3. The zero-order valence-corrected chi connectivity index (χ0v) is 55.9. The van der Waals surface area contributed by atoms with E-state index in [0.717, 1.165) is 64.2 Å². The zero-order chi connectivity index (χ0) is 62.7. The highest BCUT2D eigenvalue weighted by molar-refractivity contribution is 7.70. The van der Waals surface area contributed by atoms with Crippen LogP contribution in [0.2, 0.25) is 0 Å². The Morgan fingerprint density at radius 2 is 0.494 bits per heavy atom. The van der Waals surface area contributed by atoms with E-state index in [1.54, 1.807) is 0 Å². The van der Waals surface area contributed by atoms with Crippen molar-refractivity contribution in [3.63, 3.8) is 0 Å². The minimum Gasteiger partial charge on any atom is -0.326 e. The Hall–Kier alpha value is -6.46. The Morgan fingerprint density at radius 1 is 0.292 bits per heavy atom. The van der Waals surface area contributed by atoms with E-state index in [-0.39, 0.29) is 0 Å². The predicted octanol–water partition coefficient (Wildman–Crippen LogP) is 20.9. The number of alkyl halides is 1. The van der Waals surface area contributed by atoms with Gasteiger partial charge in [-0.3, -0.25) is 4.67 Å². The molecular formula is C83H102ClN4P. The second kappa shape index (κ2) is 36.4. The van der Waals surface area contributed by atoms with Crippen LogP contribution < -0.4 is 27.8 Å². The van der Waals surface area contributed by atoms with Crippen LogP contribution in [0.15, 0.2) is 249 Å². The van der Waals surface area contributed by atoms with Gasteiger partial charge in [0.15, 0.2) is 0 Å². The summed E-state index contributed by atoms with van der Waals surface area (Å²) < 4.78 is 2.36. The second-order valence-corrected chi connectivity index (χ2v) is 27.4. The van der Waals surface area contributed by atoms with Crippen molar-refractivity contribution < 1.29 is 0 Å². The average Bonchev–Trinajstić information content (AvgIpc) is 2.39. The van der Waals surface area contributed by atoms with Crippen LogP contribution >= 0.6 is 19.7 Å². The van der Waals surface area contributed by atoms with Crippen molar-refractivity contribution in [3.8, 4) is 0 Å². The van der Waals surface area contributed by atoms with Gasteiger partial charge in [-0.05, 0) is 197 Å². The fraction of sp³-hybridized carbons (Fsp3) is 0.349. The monoisotopic (exact) mass is 1220 g/mol. The molecule has 0 aromatic heterocycles. The topological polar surface area (TPSA) is 81.3 Å². The van der Waals surface area contributed by atoms with Crippen LogP contribution in [0.25, 0.3) is 0 Å². The van der Waals surface area contributed by atoms with Gasteiger partial charge in [0, 0.05) is 33.7 Å². The van der Waals surface area contributed by atoms with Crippen LogP contribution in [0.1, 0.15) is 214 Å². The molecule has 0 saturated carbocycles. The summed E-state index contributed by atoms with van der Waals surface area (Å²) in [5.41, 5.74) is 33.3. The Bertz CT molecular complexity index is 3290. The van der Waals surface area contributed by atoms with Gasteiger partial charge in [0.25, 0.3) is 0 Å². The van der Waals surface area contributed by atoms with Gasteiger partial charge in [-0.25, -0.2) is 0 Å². The molecule has 9 aromatic rings. The maximum atomic E-state index is 6.20. The van der Waals surface area contributed by atoms with E-state index in [4.69, 9.17) is 28.8 Å². The fourth-order valence-electron chi connectivity index (χ4n) is 13.7. The Balaban J connectivity index is 0.000000457. The largest absolute Gasteiger partial charge is 0.326 e. The smallest absolute Gasteiger partial charge is 0.0780 e. The van der Waals surface area contributed by atoms with E-state index in [1.807, 2.05) is 0 Å². The molecule has 0 aliphatic carbocycles. The lowest BCUT2D eigenvalue weighted by Crippen LogP contribution is -2.32. The van der Waals surface area contributed by atoms with Crippen LogP contribution in [-0.4, -0.2) is 16.7 Å². The quantitative estimate of drug-likeness (QED) is 0.0223. The van der Waals surface area contributed by atoms with Gasteiger partial charge >= 0.3 is 0 Å². The van der Waals surface area contributed by atoms with Gasteiger partial charge in [0.05, 0.1) is 6.00 Å². The molecule has 0 fully saturated rings. The average molecular weight is 1220 g/mol. The van der Waals surface area contributed by atoms with Crippen molar-refractivity contribution >= 4 is 30.3 Å². The first-order chi connectivity index (χ1) is 43.6. The van der Waals surface area contributed by atoms with Gasteiger partial charge in [0.2, 0.25) is 0 Å². The van der Waals surface area contributed by atoms with E-state index in [0.29, 0.717) is 79.0 Å². The van der Waals surface area contributed by atoms with Crippen molar-refractivity contribution in [2.45, 2.75) is 179 Å². The van der Waals surface area contributed by atoms with Crippen LogP contribution in [0.3, 0.4) is 0 Å². The molecule has 0 saturated heterocycles. The highest BCUT2D eigenvalue weighted by atomic mass is 35.5. The number of rotatable bonds is 32. The molecule has 6 heteroatoms. The number of hydrogen-bond acceptors (Lipinski definition) is 4. The Labute approximate surface area is 543 Å². The van der Waals surface area contributed by atoms with Crippen LogP contribution in [0, 0.1) is 0 Å². The molecule has 0 aliphatic heterocycles. The Morgan fingerprint density at radius 3 is 0.719 bits per heavy atom. The summed E-state index contributed by atoms with van der Waals surface area (Å²) in [6.45, 7) is 15.6. The molecular weight excluding hydrogens is 1120 g/mol. The molecule has 8 unspecified atom stereocenters. The minimum atomic E-state index is -0.552. The highest BCUT2D eigenvalue weighted by Gasteiger charge is 2.29. The number of nitrogens with two attached hydrogens (primary N) is 3. The first-order valence-electron chi connectivity index (χ1n) is 33.4. The van der Waals surface area contributed by atoms with Crippen molar-refractivity contribution in [3.05, 3.63) is 310 Å². The fourth-order valence-corrected chi connectivity index (χ4v) is 16.7. The summed E-state index contributed by atoms with van der Waals surface area (Å²) in [5.74, 6) is 3.52. The highest BCUT2D eigenvalue weighted by Crippen LogP contribution is 2.46. The first-order valence-corrected chi connectivity index (χ1v) is 35.3. The molecule has 8 atom stereocenters. The van der Waals surface area contributed by atoms with Crippen molar-refractivity contribution in [2.24, 2.45) is 17.2 Å². The lowest BCUT2D eigenvalue weighted by Gasteiger charge is -2.33. The lowest BCUT2D eigenvalue weighted by molar-refractivity contribution is 0.417. The molecule has 466 valence electrons. The van der Waals surface area contributed by atoms with Crippen LogP contribution in [-0.2, 0) is 19.6 Å². The van der Waals surface area contributed by atoms with E-state index in [1.165, 1.54) is 71.8 Å². The maximum Gasteiger partial charge on any atom is 0.0780 e. The number of benzene rings is 9. The van der Waals surface area contributed by atoms with Gasteiger partial charge in [-0.1, -0.05) is 276 Å². The standard InChI is InChI=1S/C67H83N3.C16H19ClNP/c1-5-52(56-18-12-9-13-19-56)40-66(62-32-26-50(47-69)27-33-62)44-64(57-20-14-10-15-21-57)41-54(7-3)60-36-38-61(39-37-60)55(8-4)42-65(58-22-16-11-17-23-58)45-67(63-34-28-51(48-70)29-35-63)43-53(6-2)59-30-24-49(46-68)25-31-59;1-14(2)18(13-17)19(15-9-5-3-6-10-15)16-11-7-4-8-12-16/h9-39,52-55,64-67H,5-8,40-48,68-70H2,1-4H3;3-12,14H,13H2,1-2H3. The van der Waals surface area contributed by atoms with E-state index in [2.05, 4.69) is 295 Å². The third kappa shape index (κ3) is 19.8. The summed E-state index contributed by atoms with van der Waals surface area (Å²) in [6, 6.07) is 93.6. The number of halogens is 1. The molecule has 0 aliphatic rings. The van der Waals surface area contributed by atoms with Crippen molar-refractivity contribution in [2.75, 3.05) is 6.00 Å². The third-order valence-electron chi connectivity index (χ3n) is 19.1. The van der Waals surface area contributed by atoms with Gasteiger partial charge in [-0.2, -0.15) is 0 Å². The number of nitrogens with zero attached hydrogens (tertiary/aromatic N) is 1. The second-order valence-electron chi connectivity index (χ2n) is 25.0. The van der Waals surface area contributed by atoms with Crippen LogP contribution in [0.5, 0.6) is 0 Å². The predicted molar refractivity (Wildman–Crippen MR) is 386 cm³/mol. The van der Waals surface area contributed by atoms with E-state index < -0.39 is 8.07 Å². The molecule has 0 radical (unpaired) electrons. The molecule has 0 heterocycles. The summed E-state index contributed by atoms with van der Waals surface area (Å²) in [5, 5.41) is 2.69. The van der Waals surface area contributed by atoms with E-state index in [9.17, 15) is 0 Å². The van der Waals surface area contributed by atoms with Crippen molar-refractivity contribution in [1.29, 1.82) is 0 Å². The third-order valence-corrected chi connectivity index (χ3v) is 22.2. The molecule has 9 rings (SSSR count). The van der Waals surface area contributed by atoms with Crippen LogP contribution in [0.4, 0.5) is 0 Å². The first kappa shape index (κ1) is 68.4.